The Morgan fingerprint density at radius 2 is 1.64 bits per heavy atom. The molecule has 1 aliphatic rings. The zero-order valence-corrected chi connectivity index (χ0v) is 26.5. The van der Waals surface area contributed by atoms with E-state index in [2.05, 4.69) is 53.1 Å². The summed E-state index contributed by atoms with van der Waals surface area (Å²) in [7, 11) is 1.63. The highest BCUT2D eigenvalue weighted by atomic mass is 35.5. The van der Waals surface area contributed by atoms with Gasteiger partial charge < -0.3 is 20.1 Å². The summed E-state index contributed by atoms with van der Waals surface area (Å²) in [5.41, 5.74) is 2.10. The highest BCUT2D eigenvalue weighted by molar-refractivity contribution is 6.37. The molecule has 240 valence electrons. The van der Waals surface area contributed by atoms with Gasteiger partial charge >= 0.3 is 5.97 Å². The Balaban J connectivity index is 0.000000323. The van der Waals surface area contributed by atoms with Crippen molar-refractivity contribution in [2.45, 2.75) is 51.0 Å². The summed E-state index contributed by atoms with van der Waals surface area (Å²) in [6.07, 6.45) is 0.929. The van der Waals surface area contributed by atoms with Gasteiger partial charge in [-0.3, -0.25) is 9.80 Å². The van der Waals surface area contributed by atoms with E-state index in [1.54, 1.807) is 7.11 Å². The Kier molecular flexibility index (Phi) is 12.7. The number of unbranched alkanes of at least 4 members (excludes halogenated alkanes) is 1. The summed E-state index contributed by atoms with van der Waals surface area (Å²) in [4.78, 5) is 15.2. The van der Waals surface area contributed by atoms with Gasteiger partial charge in [0.25, 0.3) is 0 Å². The first kappa shape index (κ1) is 34.3. The fraction of sp³-hybridized carbons (Fsp3) is 0.361. The molecule has 3 N–H and O–H groups in total. The first-order valence-corrected chi connectivity index (χ1v) is 15.7. The summed E-state index contributed by atoms with van der Waals surface area (Å²) in [5.74, 6) is -1.50. The number of methoxy groups -OCH3 is 1. The molecule has 0 unspecified atom stereocenters. The van der Waals surface area contributed by atoms with Gasteiger partial charge in [-0.25, -0.2) is 9.18 Å². The van der Waals surface area contributed by atoms with Crippen LogP contribution in [-0.2, 0) is 11.3 Å². The van der Waals surface area contributed by atoms with E-state index in [9.17, 15) is 14.3 Å². The third kappa shape index (κ3) is 9.02. The highest BCUT2D eigenvalue weighted by Crippen LogP contribution is 2.35. The summed E-state index contributed by atoms with van der Waals surface area (Å²) in [6, 6.07) is 26.0. The van der Waals surface area contributed by atoms with E-state index in [0.29, 0.717) is 10.8 Å². The maximum absolute atomic E-state index is 12.8. The number of fused-ring (bicyclic) bond motifs is 1. The molecule has 0 radical (unpaired) electrons. The zero-order valence-electron chi connectivity index (χ0n) is 25.8. The number of rotatable bonds is 11. The molecule has 1 fully saturated rings. The molecular formula is C36H42ClFN2O5. The lowest BCUT2D eigenvalue weighted by molar-refractivity contribution is -0.147. The Bertz CT molecular complexity index is 1530. The number of ether oxygens (including phenoxy) is 1. The molecule has 7 nitrogen and oxygen atoms in total. The molecule has 9 heteroatoms. The van der Waals surface area contributed by atoms with Gasteiger partial charge in [0, 0.05) is 49.7 Å². The number of hydrogen-bond donors (Lipinski definition) is 3. The first-order chi connectivity index (χ1) is 21.7. The number of aliphatic hydroxyl groups excluding tert-OH is 2. The molecule has 0 aliphatic carbocycles. The van der Waals surface area contributed by atoms with Crippen molar-refractivity contribution in [2.75, 3.05) is 33.3 Å². The minimum atomic E-state index is -1.79. The van der Waals surface area contributed by atoms with Crippen molar-refractivity contribution in [2.24, 2.45) is 0 Å². The van der Waals surface area contributed by atoms with Gasteiger partial charge in [-0.2, -0.15) is 0 Å². The number of piperazine rings is 1. The average molecular weight is 637 g/mol. The van der Waals surface area contributed by atoms with Crippen molar-refractivity contribution < 1.29 is 29.2 Å². The van der Waals surface area contributed by atoms with Gasteiger partial charge in [0.15, 0.2) is 6.10 Å². The van der Waals surface area contributed by atoms with Gasteiger partial charge in [-0.1, -0.05) is 98.1 Å². The molecule has 3 atom stereocenters. The monoisotopic (exact) mass is 636 g/mol. The standard InChI is InChI=1S/C28H35ClN2O2.C8H7FO3/c1-3-4-10-25(31-17-15-30(16-18-31)20-21-8-6-5-7-9-21)28(32)23-11-13-24-22(19-23)12-14-26(33-2)27(24)29;9-6-4-2-1-3-5(6)7(10)8(11)12/h5-9,11-14,19,25,28,32H,3-4,10,15-18,20H2,1-2H3;1-4,7,10H,(H,11,12)/t25-,28-;7-/m01/s1. The Morgan fingerprint density at radius 1 is 0.956 bits per heavy atom. The molecule has 1 aliphatic heterocycles. The predicted octanol–water partition coefficient (Wildman–Crippen LogP) is 6.86. The summed E-state index contributed by atoms with van der Waals surface area (Å²) >= 11 is 6.50. The smallest absolute Gasteiger partial charge is 0.337 e. The molecule has 4 aromatic carbocycles. The summed E-state index contributed by atoms with van der Waals surface area (Å²) in [5, 5.41) is 31.4. The van der Waals surface area contributed by atoms with E-state index < -0.39 is 24.0 Å². The quantitative estimate of drug-likeness (QED) is 0.166. The van der Waals surface area contributed by atoms with Crippen molar-refractivity contribution in [3.63, 3.8) is 0 Å². The molecule has 4 aromatic rings. The second-order valence-corrected chi connectivity index (χ2v) is 11.7. The van der Waals surface area contributed by atoms with Crippen LogP contribution in [-0.4, -0.2) is 70.4 Å². The number of carboxylic acids is 1. The Hall–Kier alpha value is -3.53. The molecule has 5 rings (SSSR count). The Labute approximate surface area is 269 Å². The van der Waals surface area contributed by atoms with Crippen molar-refractivity contribution in [3.8, 4) is 5.75 Å². The van der Waals surface area contributed by atoms with Gasteiger partial charge in [0.1, 0.15) is 11.6 Å². The van der Waals surface area contributed by atoms with Crippen molar-refractivity contribution in [3.05, 3.63) is 112 Å². The second kappa shape index (κ2) is 16.7. The molecule has 1 heterocycles. The number of carboxylic acid groups (broad SMARTS) is 1. The largest absolute Gasteiger partial charge is 0.495 e. The molecule has 0 saturated carbocycles. The van der Waals surface area contributed by atoms with E-state index in [1.165, 1.54) is 23.8 Å². The number of benzene rings is 4. The van der Waals surface area contributed by atoms with Crippen LogP contribution in [0.4, 0.5) is 4.39 Å². The SMILES string of the molecule is CCCC[C@@H]([C@@H](O)c1ccc2c(Cl)c(OC)ccc2c1)N1CCN(Cc2ccccc2)CC1.O=C(O)[C@H](O)c1ccccc1F. The third-order valence-electron chi connectivity index (χ3n) is 8.28. The fourth-order valence-electron chi connectivity index (χ4n) is 5.73. The van der Waals surface area contributed by atoms with Crippen LogP contribution in [0.5, 0.6) is 5.75 Å². The third-order valence-corrected chi connectivity index (χ3v) is 8.67. The van der Waals surface area contributed by atoms with Gasteiger partial charge in [-0.05, 0) is 41.1 Å². The second-order valence-electron chi connectivity index (χ2n) is 11.3. The molecule has 0 bridgehead atoms. The Morgan fingerprint density at radius 3 is 2.29 bits per heavy atom. The molecule has 0 spiro atoms. The van der Waals surface area contributed by atoms with Crippen molar-refractivity contribution in [1.29, 1.82) is 0 Å². The van der Waals surface area contributed by atoms with E-state index in [1.807, 2.05) is 24.3 Å². The van der Waals surface area contributed by atoms with E-state index in [-0.39, 0.29) is 11.6 Å². The molecule has 0 aromatic heterocycles. The minimum Gasteiger partial charge on any atom is -0.495 e. The normalized spacial score (nSPS) is 16.0. The minimum absolute atomic E-state index is 0.120. The van der Waals surface area contributed by atoms with Gasteiger partial charge in [-0.15, -0.1) is 0 Å². The predicted molar refractivity (Wildman–Crippen MR) is 176 cm³/mol. The number of nitrogens with zero attached hydrogens (tertiary/aromatic N) is 2. The fourth-order valence-corrected chi connectivity index (χ4v) is 6.04. The average Bonchev–Trinajstić information content (AvgIpc) is 3.06. The van der Waals surface area contributed by atoms with Crippen LogP contribution in [0.25, 0.3) is 10.8 Å². The zero-order chi connectivity index (χ0) is 32.3. The lowest BCUT2D eigenvalue weighted by Crippen LogP contribution is -2.51. The van der Waals surface area contributed by atoms with Crippen LogP contribution in [0, 0.1) is 5.82 Å². The lowest BCUT2D eigenvalue weighted by Gasteiger charge is -2.41. The van der Waals surface area contributed by atoms with Crippen LogP contribution < -0.4 is 4.74 Å². The number of aliphatic hydroxyl groups is 2. The lowest BCUT2D eigenvalue weighted by atomic mass is 9.94. The summed E-state index contributed by atoms with van der Waals surface area (Å²) in [6.45, 7) is 7.22. The molecule has 0 amide bonds. The summed E-state index contributed by atoms with van der Waals surface area (Å²) < 4.78 is 18.1. The van der Waals surface area contributed by atoms with Crippen LogP contribution >= 0.6 is 11.6 Å². The van der Waals surface area contributed by atoms with Crippen LogP contribution in [0.2, 0.25) is 5.02 Å². The van der Waals surface area contributed by atoms with Crippen molar-refractivity contribution >= 4 is 28.3 Å². The van der Waals surface area contributed by atoms with Crippen molar-refractivity contribution in [1.82, 2.24) is 9.80 Å². The molecule has 45 heavy (non-hydrogen) atoms. The van der Waals surface area contributed by atoms with Crippen LogP contribution in [0.15, 0.2) is 84.9 Å². The highest BCUT2D eigenvalue weighted by Gasteiger charge is 2.30. The maximum Gasteiger partial charge on any atom is 0.337 e. The number of carbonyl (C=O) groups is 1. The van der Waals surface area contributed by atoms with Crippen LogP contribution in [0.1, 0.15) is 55.1 Å². The number of aliphatic carboxylic acids is 1. The molecular weight excluding hydrogens is 595 g/mol. The van der Waals surface area contributed by atoms with E-state index >= 15 is 0 Å². The van der Waals surface area contributed by atoms with Gasteiger partial charge in [0.2, 0.25) is 0 Å². The maximum atomic E-state index is 12.8. The van der Waals surface area contributed by atoms with E-state index in [4.69, 9.17) is 26.6 Å². The molecule has 1 saturated heterocycles. The topological polar surface area (TPSA) is 93.5 Å². The van der Waals surface area contributed by atoms with E-state index in [0.717, 1.165) is 74.4 Å². The number of hydrogen-bond acceptors (Lipinski definition) is 6. The first-order valence-electron chi connectivity index (χ1n) is 15.3. The number of halogens is 2. The van der Waals surface area contributed by atoms with Gasteiger partial charge in [0.05, 0.1) is 18.2 Å². The van der Waals surface area contributed by atoms with Crippen LogP contribution in [0.3, 0.4) is 0 Å².